The second-order valence-corrected chi connectivity index (χ2v) is 4.14. The van der Waals surface area contributed by atoms with E-state index in [9.17, 15) is 0 Å². The maximum Gasteiger partial charge on any atom is -0.0162 e. The molecule has 1 atom stereocenters. The van der Waals surface area contributed by atoms with E-state index in [-0.39, 0.29) is 0 Å². The molecule has 0 saturated heterocycles. The van der Waals surface area contributed by atoms with Crippen molar-refractivity contribution in [2.24, 2.45) is 0 Å². The summed E-state index contributed by atoms with van der Waals surface area (Å²) in [5.41, 5.74) is 4.77. The van der Waals surface area contributed by atoms with Crippen LogP contribution in [0.2, 0.25) is 0 Å². The van der Waals surface area contributed by atoms with Crippen LogP contribution < -0.4 is 0 Å². The Morgan fingerprint density at radius 1 is 1.38 bits per heavy atom. The zero-order chi connectivity index (χ0) is 9.26. The number of hydrogen-bond donors (Lipinski definition) is 0. The summed E-state index contributed by atoms with van der Waals surface area (Å²) in [6, 6.07) is 6.79. The fourth-order valence-corrected chi connectivity index (χ4v) is 2.55. The molecule has 0 spiro atoms. The lowest BCUT2D eigenvalue weighted by Crippen LogP contribution is -2.10. The van der Waals surface area contributed by atoms with Crippen LogP contribution in [-0.2, 0) is 6.42 Å². The van der Waals surface area contributed by atoms with Crippen LogP contribution >= 0.6 is 0 Å². The van der Waals surface area contributed by atoms with Crippen LogP contribution in [-0.4, -0.2) is 0 Å². The third-order valence-corrected chi connectivity index (χ3v) is 3.36. The van der Waals surface area contributed by atoms with Crippen LogP contribution in [0.5, 0.6) is 0 Å². The van der Waals surface area contributed by atoms with E-state index >= 15 is 0 Å². The van der Waals surface area contributed by atoms with Crippen LogP contribution in [0, 0.1) is 6.92 Å². The SMILES string of the molecule is CCC1CCCc2c(C)cccc21. The molecule has 0 nitrogen and oxygen atoms in total. The van der Waals surface area contributed by atoms with E-state index in [0.717, 1.165) is 5.92 Å². The third-order valence-electron chi connectivity index (χ3n) is 3.36. The predicted molar refractivity (Wildman–Crippen MR) is 57.1 cm³/mol. The van der Waals surface area contributed by atoms with Gasteiger partial charge in [-0.2, -0.15) is 0 Å². The molecule has 1 aromatic carbocycles. The maximum absolute atomic E-state index is 2.33. The second kappa shape index (κ2) is 3.53. The molecule has 0 heterocycles. The van der Waals surface area contributed by atoms with Gasteiger partial charge in [-0.25, -0.2) is 0 Å². The van der Waals surface area contributed by atoms with Crippen molar-refractivity contribution in [1.29, 1.82) is 0 Å². The average molecular weight is 174 g/mol. The summed E-state index contributed by atoms with van der Waals surface area (Å²) in [5.74, 6) is 0.837. The third kappa shape index (κ3) is 1.50. The summed E-state index contributed by atoms with van der Waals surface area (Å²) in [5, 5.41) is 0. The van der Waals surface area contributed by atoms with Crippen LogP contribution in [0.3, 0.4) is 0 Å². The number of rotatable bonds is 1. The molecule has 0 amide bonds. The van der Waals surface area contributed by atoms with Crippen molar-refractivity contribution < 1.29 is 0 Å². The molecule has 0 N–H and O–H groups in total. The minimum Gasteiger partial charge on any atom is -0.0648 e. The summed E-state index contributed by atoms with van der Waals surface area (Å²) in [6.45, 7) is 4.55. The zero-order valence-corrected chi connectivity index (χ0v) is 8.64. The predicted octanol–water partition coefficient (Wildman–Crippen LogP) is 3.82. The maximum atomic E-state index is 2.33. The summed E-state index contributed by atoms with van der Waals surface area (Å²) in [6.07, 6.45) is 5.39. The topological polar surface area (TPSA) is 0 Å². The van der Waals surface area contributed by atoms with E-state index in [2.05, 4.69) is 32.0 Å². The van der Waals surface area contributed by atoms with Gasteiger partial charge in [-0.1, -0.05) is 25.1 Å². The van der Waals surface area contributed by atoms with Gasteiger partial charge in [-0.15, -0.1) is 0 Å². The average Bonchev–Trinajstić information content (AvgIpc) is 2.18. The molecular formula is C13H18. The highest BCUT2D eigenvalue weighted by Gasteiger charge is 2.18. The largest absolute Gasteiger partial charge is 0.0648 e. The molecule has 0 aromatic heterocycles. The van der Waals surface area contributed by atoms with E-state index in [1.165, 1.54) is 31.2 Å². The molecule has 0 aliphatic heterocycles. The first kappa shape index (κ1) is 8.80. The molecule has 0 fully saturated rings. The second-order valence-electron chi connectivity index (χ2n) is 4.14. The Morgan fingerprint density at radius 2 is 2.23 bits per heavy atom. The summed E-state index contributed by atoms with van der Waals surface area (Å²) in [4.78, 5) is 0. The first-order chi connectivity index (χ1) is 6.33. The van der Waals surface area contributed by atoms with Crippen LogP contribution in [0.25, 0.3) is 0 Å². The molecule has 0 radical (unpaired) electrons. The van der Waals surface area contributed by atoms with Crippen molar-refractivity contribution in [1.82, 2.24) is 0 Å². The van der Waals surface area contributed by atoms with Crippen LogP contribution in [0.4, 0.5) is 0 Å². The highest BCUT2D eigenvalue weighted by molar-refractivity contribution is 5.38. The Balaban J connectivity index is 2.45. The first-order valence-corrected chi connectivity index (χ1v) is 5.41. The molecule has 1 aliphatic rings. The normalized spacial score (nSPS) is 21.2. The van der Waals surface area contributed by atoms with Gasteiger partial charge in [0.1, 0.15) is 0 Å². The summed E-state index contributed by atoms with van der Waals surface area (Å²) < 4.78 is 0. The smallest absolute Gasteiger partial charge is 0.0162 e. The molecule has 70 valence electrons. The minimum atomic E-state index is 0.837. The Hall–Kier alpha value is -0.780. The fraction of sp³-hybridized carbons (Fsp3) is 0.538. The first-order valence-electron chi connectivity index (χ1n) is 5.41. The molecule has 1 unspecified atom stereocenters. The quantitative estimate of drug-likeness (QED) is 0.607. The molecular weight excluding hydrogens is 156 g/mol. The molecule has 1 aliphatic carbocycles. The lowest BCUT2D eigenvalue weighted by molar-refractivity contribution is 0.538. The van der Waals surface area contributed by atoms with Crippen molar-refractivity contribution in [3.8, 4) is 0 Å². The van der Waals surface area contributed by atoms with Crippen molar-refractivity contribution in [2.45, 2.75) is 45.4 Å². The summed E-state index contributed by atoms with van der Waals surface area (Å²) >= 11 is 0. The van der Waals surface area contributed by atoms with E-state index in [0.29, 0.717) is 0 Å². The van der Waals surface area contributed by atoms with Crippen LogP contribution in [0.1, 0.15) is 48.8 Å². The Bertz CT molecular complexity index is 299. The molecule has 2 rings (SSSR count). The molecule has 0 heteroatoms. The standard InChI is InChI=1S/C13H18/c1-3-11-7-5-8-12-10(2)6-4-9-13(11)12/h4,6,9,11H,3,5,7-8H2,1-2H3. The fourth-order valence-electron chi connectivity index (χ4n) is 2.55. The van der Waals surface area contributed by atoms with E-state index in [4.69, 9.17) is 0 Å². The van der Waals surface area contributed by atoms with E-state index in [1.54, 1.807) is 11.1 Å². The molecule has 1 aromatic rings. The number of fused-ring (bicyclic) bond motifs is 1. The van der Waals surface area contributed by atoms with Gasteiger partial charge in [0, 0.05) is 0 Å². The van der Waals surface area contributed by atoms with Gasteiger partial charge >= 0.3 is 0 Å². The highest BCUT2D eigenvalue weighted by Crippen LogP contribution is 2.34. The van der Waals surface area contributed by atoms with Crippen molar-refractivity contribution in [2.75, 3.05) is 0 Å². The zero-order valence-electron chi connectivity index (χ0n) is 8.64. The molecule has 0 bridgehead atoms. The number of benzene rings is 1. The van der Waals surface area contributed by atoms with Gasteiger partial charge < -0.3 is 0 Å². The van der Waals surface area contributed by atoms with Gasteiger partial charge in [0.2, 0.25) is 0 Å². The number of aryl methyl sites for hydroxylation is 1. The Kier molecular flexibility index (Phi) is 2.39. The summed E-state index contributed by atoms with van der Waals surface area (Å²) in [7, 11) is 0. The number of hydrogen-bond acceptors (Lipinski definition) is 0. The van der Waals surface area contributed by atoms with Crippen LogP contribution in [0.15, 0.2) is 18.2 Å². The molecule has 13 heavy (non-hydrogen) atoms. The van der Waals surface area contributed by atoms with E-state index in [1.807, 2.05) is 0 Å². The Labute approximate surface area is 81.0 Å². The van der Waals surface area contributed by atoms with Crippen molar-refractivity contribution >= 4 is 0 Å². The van der Waals surface area contributed by atoms with E-state index < -0.39 is 0 Å². The van der Waals surface area contributed by atoms with Crippen molar-refractivity contribution in [3.05, 3.63) is 34.9 Å². The van der Waals surface area contributed by atoms with Gasteiger partial charge in [0.05, 0.1) is 0 Å². The van der Waals surface area contributed by atoms with Crippen molar-refractivity contribution in [3.63, 3.8) is 0 Å². The minimum absolute atomic E-state index is 0.837. The monoisotopic (exact) mass is 174 g/mol. The molecule has 0 saturated carbocycles. The lowest BCUT2D eigenvalue weighted by atomic mass is 9.80. The Morgan fingerprint density at radius 3 is 3.00 bits per heavy atom. The van der Waals surface area contributed by atoms with Gasteiger partial charge in [-0.05, 0) is 55.2 Å². The van der Waals surface area contributed by atoms with Gasteiger partial charge in [0.25, 0.3) is 0 Å². The lowest BCUT2D eigenvalue weighted by Gasteiger charge is -2.25. The van der Waals surface area contributed by atoms with Gasteiger partial charge in [0.15, 0.2) is 0 Å². The van der Waals surface area contributed by atoms with Gasteiger partial charge in [-0.3, -0.25) is 0 Å². The highest BCUT2D eigenvalue weighted by atomic mass is 14.2.